The molecule has 1 aromatic heterocycles. The SMILES string of the molecule is CC.CC(C(=O)c1ccccc1)n1nnc2ccccc21. The van der Waals surface area contributed by atoms with Crippen LogP contribution >= 0.6 is 0 Å². The van der Waals surface area contributed by atoms with E-state index >= 15 is 0 Å². The van der Waals surface area contributed by atoms with Crippen molar-refractivity contribution in [1.29, 1.82) is 0 Å². The average Bonchev–Trinajstić information content (AvgIpc) is 3.00. The number of fused-ring (bicyclic) bond motifs is 1. The second-order valence-corrected chi connectivity index (χ2v) is 4.43. The summed E-state index contributed by atoms with van der Waals surface area (Å²) in [6.07, 6.45) is 0. The van der Waals surface area contributed by atoms with Gasteiger partial charge in [0.15, 0.2) is 5.78 Å². The fraction of sp³-hybridized carbons (Fsp3) is 0.235. The van der Waals surface area contributed by atoms with E-state index in [1.165, 1.54) is 0 Å². The number of nitrogens with zero attached hydrogens (tertiary/aromatic N) is 3. The van der Waals surface area contributed by atoms with Gasteiger partial charge in [-0.25, -0.2) is 4.68 Å². The van der Waals surface area contributed by atoms with E-state index in [1.54, 1.807) is 4.68 Å². The van der Waals surface area contributed by atoms with Crippen molar-refractivity contribution in [3.8, 4) is 0 Å². The summed E-state index contributed by atoms with van der Waals surface area (Å²) in [5.41, 5.74) is 2.36. The third-order valence-electron chi connectivity index (χ3n) is 3.18. The maximum atomic E-state index is 12.4. The number of carbonyl (C=O) groups excluding carboxylic acids is 1. The van der Waals surface area contributed by atoms with E-state index in [-0.39, 0.29) is 11.8 Å². The van der Waals surface area contributed by atoms with Crippen molar-refractivity contribution < 1.29 is 4.79 Å². The lowest BCUT2D eigenvalue weighted by atomic mass is 10.1. The van der Waals surface area contributed by atoms with Crippen LogP contribution in [0.1, 0.15) is 37.2 Å². The number of hydrogen-bond acceptors (Lipinski definition) is 3. The fourth-order valence-corrected chi connectivity index (χ4v) is 2.13. The third kappa shape index (κ3) is 2.99. The summed E-state index contributed by atoms with van der Waals surface area (Å²) in [6.45, 7) is 5.84. The Morgan fingerprint density at radius 3 is 2.33 bits per heavy atom. The molecule has 4 nitrogen and oxygen atoms in total. The number of para-hydroxylation sites is 1. The molecule has 108 valence electrons. The molecule has 0 amide bonds. The minimum Gasteiger partial charge on any atom is -0.292 e. The predicted octanol–water partition coefficient (Wildman–Crippen LogP) is 3.90. The molecule has 0 bridgehead atoms. The molecule has 1 atom stereocenters. The van der Waals surface area contributed by atoms with Crippen LogP contribution in [0, 0.1) is 0 Å². The largest absolute Gasteiger partial charge is 0.292 e. The highest BCUT2D eigenvalue weighted by molar-refractivity contribution is 5.99. The number of aromatic nitrogens is 3. The van der Waals surface area contributed by atoms with Crippen LogP contribution in [0.5, 0.6) is 0 Å². The molecule has 0 saturated heterocycles. The van der Waals surface area contributed by atoms with Crippen molar-refractivity contribution >= 4 is 16.8 Å². The smallest absolute Gasteiger partial charge is 0.187 e. The van der Waals surface area contributed by atoms with E-state index in [0.29, 0.717) is 5.56 Å². The van der Waals surface area contributed by atoms with Crippen molar-refractivity contribution in [3.63, 3.8) is 0 Å². The minimum atomic E-state index is -0.366. The van der Waals surface area contributed by atoms with E-state index in [4.69, 9.17) is 0 Å². The lowest BCUT2D eigenvalue weighted by Gasteiger charge is -2.11. The Morgan fingerprint density at radius 1 is 1.00 bits per heavy atom. The number of carbonyl (C=O) groups is 1. The standard InChI is InChI=1S/C15H13N3O.C2H6/c1-11(15(19)12-7-3-2-4-8-12)18-14-10-6-5-9-13(14)16-17-18;1-2/h2-11H,1H3;1-2H3. The van der Waals surface area contributed by atoms with Crippen molar-refractivity contribution in [2.24, 2.45) is 0 Å². The highest BCUT2D eigenvalue weighted by atomic mass is 16.1. The van der Waals surface area contributed by atoms with Gasteiger partial charge in [0.25, 0.3) is 0 Å². The van der Waals surface area contributed by atoms with Gasteiger partial charge in [-0.3, -0.25) is 4.79 Å². The number of benzene rings is 2. The summed E-state index contributed by atoms with van der Waals surface area (Å²) in [4.78, 5) is 12.4. The molecule has 3 aromatic rings. The lowest BCUT2D eigenvalue weighted by molar-refractivity contribution is 0.0929. The minimum absolute atomic E-state index is 0.0382. The van der Waals surface area contributed by atoms with Crippen LogP contribution < -0.4 is 0 Å². The topological polar surface area (TPSA) is 47.8 Å². The zero-order valence-electron chi connectivity index (χ0n) is 12.5. The summed E-state index contributed by atoms with van der Waals surface area (Å²) >= 11 is 0. The zero-order valence-corrected chi connectivity index (χ0v) is 12.5. The van der Waals surface area contributed by atoms with Gasteiger partial charge in [-0.1, -0.05) is 61.5 Å². The first-order chi connectivity index (χ1) is 10.3. The Hall–Kier alpha value is -2.49. The molecule has 0 N–H and O–H groups in total. The van der Waals surface area contributed by atoms with Gasteiger partial charge in [0, 0.05) is 5.56 Å². The van der Waals surface area contributed by atoms with Gasteiger partial charge in [0.1, 0.15) is 11.6 Å². The van der Waals surface area contributed by atoms with E-state index in [9.17, 15) is 4.79 Å². The number of hydrogen-bond donors (Lipinski definition) is 0. The van der Waals surface area contributed by atoms with Crippen LogP contribution in [-0.2, 0) is 0 Å². The highest BCUT2D eigenvalue weighted by Gasteiger charge is 2.19. The van der Waals surface area contributed by atoms with Crippen molar-refractivity contribution in [1.82, 2.24) is 15.0 Å². The van der Waals surface area contributed by atoms with Gasteiger partial charge in [0.2, 0.25) is 0 Å². The van der Waals surface area contributed by atoms with E-state index in [0.717, 1.165) is 11.0 Å². The molecule has 3 rings (SSSR count). The van der Waals surface area contributed by atoms with E-state index in [1.807, 2.05) is 75.4 Å². The van der Waals surface area contributed by atoms with Gasteiger partial charge in [-0.15, -0.1) is 5.10 Å². The molecular weight excluding hydrogens is 262 g/mol. The monoisotopic (exact) mass is 281 g/mol. The van der Waals surface area contributed by atoms with Crippen LogP contribution in [0.3, 0.4) is 0 Å². The van der Waals surface area contributed by atoms with E-state index in [2.05, 4.69) is 10.3 Å². The molecule has 1 unspecified atom stereocenters. The lowest BCUT2D eigenvalue weighted by Crippen LogP contribution is -2.17. The van der Waals surface area contributed by atoms with Gasteiger partial charge in [0.05, 0.1) is 5.52 Å². The van der Waals surface area contributed by atoms with Crippen molar-refractivity contribution in [3.05, 3.63) is 60.2 Å². The molecule has 0 aliphatic rings. The molecule has 0 aliphatic carbocycles. The number of rotatable bonds is 3. The summed E-state index contributed by atoms with van der Waals surface area (Å²) in [5, 5.41) is 8.16. The second kappa shape index (κ2) is 6.79. The van der Waals surface area contributed by atoms with Crippen molar-refractivity contribution in [2.45, 2.75) is 26.8 Å². The van der Waals surface area contributed by atoms with E-state index < -0.39 is 0 Å². The maximum absolute atomic E-state index is 12.4. The number of ketones is 1. The fourth-order valence-electron chi connectivity index (χ4n) is 2.13. The third-order valence-corrected chi connectivity index (χ3v) is 3.18. The highest BCUT2D eigenvalue weighted by Crippen LogP contribution is 2.18. The Morgan fingerprint density at radius 2 is 1.62 bits per heavy atom. The summed E-state index contributed by atoms with van der Waals surface area (Å²) in [7, 11) is 0. The maximum Gasteiger partial charge on any atom is 0.187 e. The van der Waals surface area contributed by atoms with Crippen molar-refractivity contribution in [2.75, 3.05) is 0 Å². The molecular formula is C17H19N3O. The molecule has 0 spiro atoms. The molecule has 4 heteroatoms. The molecule has 0 fully saturated rings. The Kier molecular flexibility index (Phi) is 4.82. The molecule has 0 aliphatic heterocycles. The van der Waals surface area contributed by atoms with Crippen LogP contribution in [0.15, 0.2) is 54.6 Å². The second-order valence-electron chi connectivity index (χ2n) is 4.43. The molecule has 1 heterocycles. The normalized spacial score (nSPS) is 11.6. The first-order valence-corrected chi connectivity index (χ1v) is 7.16. The van der Waals surface area contributed by atoms with Gasteiger partial charge in [-0.05, 0) is 19.1 Å². The molecule has 0 radical (unpaired) electrons. The van der Waals surface area contributed by atoms with Gasteiger partial charge < -0.3 is 0 Å². The summed E-state index contributed by atoms with van der Waals surface area (Å²) < 4.78 is 1.67. The number of Topliss-reactive ketones (excluding diaryl/α,β-unsaturated/α-hetero) is 1. The van der Waals surface area contributed by atoms with Gasteiger partial charge in [-0.2, -0.15) is 0 Å². The predicted molar refractivity (Wildman–Crippen MR) is 84.4 cm³/mol. The zero-order chi connectivity index (χ0) is 15.2. The molecule has 2 aromatic carbocycles. The van der Waals surface area contributed by atoms with Crippen LogP contribution in [0.4, 0.5) is 0 Å². The van der Waals surface area contributed by atoms with Crippen LogP contribution in [-0.4, -0.2) is 20.8 Å². The van der Waals surface area contributed by atoms with Crippen LogP contribution in [0.25, 0.3) is 11.0 Å². The molecule has 21 heavy (non-hydrogen) atoms. The Bertz CT molecular complexity index is 719. The summed E-state index contributed by atoms with van der Waals surface area (Å²) in [6, 6.07) is 16.5. The summed E-state index contributed by atoms with van der Waals surface area (Å²) in [5.74, 6) is 0.0382. The molecule has 0 saturated carbocycles. The first-order valence-electron chi connectivity index (χ1n) is 7.16. The quantitative estimate of drug-likeness (QED) is 0.684. The van der Waals surface area contributed by atoms with Gasteiger partial charge >= 0.3 is 0 Å². The Balaban J connectivity index is 0.000000774. The Labute approximate surface area is 124 Å². The first kappa shape index (κ1) is 14.9. The van der Waals surface area contributed by atoms with Crippen LogP contribution in [0.2, 0.25) is 0 Å². The average molecular weight is 281 g/mol.